The zero-order chi connectivity index (χ0) is 13.1. The van der Waals surface area contributed by atoms with Gasteiger partial charge in [-0.15, -0.1) is 0 Å². The molecule has 2 rings (SSSR count). The van der Waals surface area contributed by atoms with Crippen LogP contribution in [-0.4, -0.2) is 33.8 Å². The van der Waals surface area contributed by atoms with Crippen LogP contribution in [0.3, 0.4) is 0 Å². The first kappa shape index (κ1) is 13.6. The van der Waals surface area contributed by atoms with Crippen molar-refractivity contribution in [1.82, 2.24) is 14.7 Å². The second kappa shape index (κ2) is 5.85. The van der Waals surface area contributed by atoms with Crippen LogP contribution >= 0.6 is 0 Å². The van der Waals surface area contributed by atoms with Crippen molar-refractivity contribution in [3.63, 3.8) is 0 Å². The monoisotopic (exact) mass is 250 g/mol. The molecule has 0 radical (unpaired) electrons. The van der Waals surface area contributed by atoms with Gasteiger partial charge in [-0.25, -0.2) is 0 Å². The third-order valence-electron chi connectivity index (χ3n) is 4.18. The van der Waals surface area contributed by atoms with Gasteiger partial charge < -0.3 is 5.73 Å². The van der Waals surface area contributed by atoms with E-state index in [1.165, 1.54) is 37.8 Å². The van der Waals surface area contributed by atoms with Crippen molar-refractivity contribution in [1.29, 1.82) is 0 Å². The van der Waals surface area contributed by atoms with Crippen LogP contribution in [0.5, 0.6) is 0 Å². The summed E-state index contributed by atoms with van der Waals surface area (Å²) in [7, 11) is 1.98. The molecule has 2 atom stereocenters. The van der Waals surface area contributed by atoms with Gasteiger partial charge >= 0.3 is 0 Å². The van der Waals surface area contributed by atoms with Crippen LogP contribution in [0.15, 0.2) is 6.20 Å². The predicted octanol–water partition coefficient (Wildman–Crippen LogP) is 1.99. The molecule has 0 saturated carbocycles. The van der Waals surface area contributed by atoms with Crippen LogP contribution in [0, 0.1) is 6.92 Å². The fourth-order valence-corrected chi connectivity index (χ4v) is 3.26. The molecule has 1 aromatic heterocycles. The van der Waals surface area contributed by atoms with Crippen molar-refractivity contribution in [2.45, 2.75) is 51.6 Å². The smallest absolute Gasteiger partial charge is 0.0641 e. The largest absolute Gasteiger partial charge is 0.329 e. The van der Waals surface area contributed by atoms with Gasteiger partial charge in [-0.3, -0.25) is 9.58 Å². The average molecular weight is 250 g/mol. The molecule has 0 spiro atoms. The number of aryl methyl sites for hydroxylation is 2. The molecule has 0 bridgehead atoms. The van der Waals surface area contributed by atoms with E-state index in [1.807, 2.05) is 11.7 Å². The fourth-order valence-electron chi connectivity index (χ4n) is 3.26. The fraction of sp³-hybridized carbons (Fsp3) is 0.786. The van der Waals surface area contributed by atoms with E-state index >= 15 is 0 Å². The first-order valence-corrected chi connectivity index (χ1v) is 7.13. The number of nitrogens with zero attached hydrogens (tertiary/aromatic N) is 3. The quantitative estimate of drug-likeness (QED) is 0.889. The van der Waals surface area contributed by atoms with Gasteiger partial charge in [-0.2, -0.15) is 5.10 Å². The number of likely N-dealkylation sites (tertiary alicyclic amines) is 1. The molecule has 2 heterocycles. The molecule has 18 heavy (non-hydrogen) atoms. The summed E-state index contributed by atoms with van der Waals surface area (Å²) in [5.41, 5.74) is 8.48. The zero-order valence-electron chi connectivity index (χ0n) is 11.9. The lowest BCUT2D eigenvalue weighted by Gasteiger charge is -2.40. The Morgan fingerprint density at radius 1 is 1.50 bits per heavy atom. The van der Waals surface area contributed by atoms with E-state index < -0.39 is 0 Å². The molecule has 4 nitrogen and oxygen atoms in total. The number of hydrogen-bond donors (Lipinski definition) is 1. The molecule has 1 saturated heterocycles. The Hall–Kier alpha value is -0.870. The molecular formula is C14H26N4. The summed E-state index contributed by atoms with van der Waals surface area (Å²) < 4.78 is 1.90. The van der Waals surface area contributed by atoms with E-state index in [4.69, 9.17) is 5.73 Å². The van der Waals surface area contributed by atoms with E-state index in [9.17, 15) is 0 Å². The molecule has 0 aromatic carbocycles. The minimum absolute atomic E-state index is 0.337. The highest BCUT2D eigenvalue weighted by Crippen LogP contribution is 2.30. The third-order valence-corrected chi connectivity index (χ3v) is 4.18. The van der Waals surface area contributed by atoms with Crippen LogP contribution < -0.4 is 5.73 Å². The molecule has 2 unspecified atom stereocenters. The van der Waals surface area contributed by atoms with Crippen LogP contribution in [0.25, 0.3) is 0 Å². The molecule has 102 valence electrons. The molecular weight excluding hydrogens is 224 g/mol. The second-order valence-electron chi connectivity index (χ2n) is 5.39. The van der Waals surface area contributed by atoms with Crippen LogP contribution in [0.1, 0.15) is 49.9 Å². The Kier molecular flexibility index (Phi) is 4.40. The zero-order valence-corrected chi connectivity index (χ0v) is 11.9. The van der Waals surface area contributed by atoms with Crippen LogP contribution in [0.4, 0.5) is 0 Å². The summed E-state index contributed by atoms with van der Waals surface area (Å²) >= 11 is 0. The lowest BCUT2D eigenvalue weighted by Crippen LogP contribution is -2.44. The lowest BCUT2D eigenvalue weighted by molar-refractivity contribution is 0.0946. The predicted molar refractivity (Wildman–Crippen MR) is 74.4 cm³/mol. The van der Waals surface area contributed by atoms with Gasteiger partial charge in [0.2, 0.25) is 0 Å². The maximum Gasteiger partial charge on any atom is 0.0641 e. The Morgan fingerprint density at radius 2 is 2.28 bits per heavy atom. The van der Waals surface area contributed by atoms with Gasteiger partial charge in [0.15, 0.2) is 0 Å². The summed E-state index contributed by atoms with van der Waals surface area (Å²) in [5.74, 6) is 0. The standard InChI is InChI=1S/C14H26N4/c1-4-12-7-5-6-8-18(12)14(9-15)13-10-17(3)16-11(13)2/h10,12,14H,4-9,15H2,1-3H3. The summed E-state index contributed by atoms with van der Waals surface area (Å²) in [6.07, 6.45) is 7.32. The highest BCUT2D eigenvalue weighted by atomic mass is 15.3. The van der Waals surface area contributed by atoms with E-state index in [0.717, 1.165) is 5.69 Å². The van der Waals surface area contributed by atoms with Crippen molar-refractivity contribution >= 4 is 0 Å². The molecule has 1 aliphatic rings. The maximum absolute atomic E-state index is 6.05. The van der Waals surface area contributed by atoms with Gasteiger partial charge in [0.05, 0.1) is 11.7 Å². The Bertz CT molecular complexity index is 385. The number of hydrogen-bond acceptors (Lipinski definition) is 3. The molecule has 1 aliphatic heterocycles. The number of nitrogens with two attached hydrogens (primary N) is 1. The summed E-state index contributed by atoms with van der Waals surface area (Å²) in [5, 5.41) is 4.46. The van der Waals surface area contributed by atoms with Crippen LogP contribution in [-0.2, 0) is 7.05 Å². The highest BCUT2D eigenvalue weighted by Gasteiger charge is 2.29. The molecule has 1 aromatic rings. The van der Waals surface area contributed by atoms with E-state index in [2.05, 4.69) is 30.0 Å². The van der Waals surface area contributed by atoms with Crippen molar-refractivity contribution in [3.05, 3.63) is 17.5 Å². The highest BCUT2D eigenvalue weighted by molar-refractivity contribution is 5.21. The molecule has 0 aliphatic carbocycles. The minimum Gasteiger partial charge on any atom is -0.329 e. The SMILES string of the molecule is CCC1CCCCN1C(CN)c1cn(C)nc1C. The number of aromatic nitrogens is 2. The second-order valence-corrected chi connectivity index (χ2v) is 5.39. The van der Waals surface area contributed by atoms with Crippen molar-refractivity contribution in [2.75, 3.05) is 13.1 Å². The molecule has 2 N–H and O–H groups in total. The van der Waals surface area contributed by atoms with Crippen molar-refractivity contribution < 1.29 is 0 Å². The van der Waals surface area contributed by atoms with Crippen LogP contribution in [0.2, 0.25) is 0 Å². The van der Waals surface area contributed by atoms with E-state index in [0.29, 0.717) is 18.6 Å². The van der Waals surface area contributed by atoms with E-state index in [-0.39, 0.29) is 0 Å². The molecule has 1 fully saturated rings. The van der Waals surface area contributed by atoms with Gasteiger partial charge in [-0.1, -0.05) is 13.3 Å². The topological polar surface area (TPSA) is 47.1 Å². The van der Waals surface area contributed by atoms with Gasteiger partial charge in [-0.05, 0) is 32.7 Å². The lowest BCUT2D eigenvalue weighted by atomic mass is 9.95. The molecule has 0 amide bonds. The maximum atomic E-state index is 6.05. The van der Waals surface area contributed by atoms with E-state index in [1.54, 1.807) is 0 Å². The van der Waals surface area contributed by atoms with Gasteiger partial charge in [0.25, 0.3) is 0 Å². The third kappa shape index (κ3) is 2.59. The number of piperidine rings is 1. The average Bonchev–Trinajstić information content (AvgIpc) is 2.70. The first-order valence-electron chi connectivity index (χ1n) is 7.13. The summed E-state index contributed by atoms with van der Waals surface area (Å²) in [6.45, 7) is 6.23. The van der Waals surface area contributed by atoms with Gasteiger partial charge in [0.1, 0.15) is 0 Å². The normalized spacial score (nSPS) is 23.2. The molecule has 4 heteroatoms. The van der Waals surface area contributed by atoms with Crippen molar-refractivity contribution in [3.8, 4) is 0 Å². The Morgan fingerprint density at radius 3 is 2.83 bits per heavy atom. The Labute approximate surface area is 110 Å². The van der Waals surface area contributed by atoms with Crippen molar-refractivity contribution in [2.24, 2.45) is 12.8 Å². The first-order chi connectivity index (χ1) is 8.67. The number of rotatable bonds is 4. The minimum atomic E-state index is 0.337. The Balaban J connectivity index is 2.24. The summed E-state index contributed by atoms with van der Waals surface area (Å²) in [6, 6.07) is 1.02. The summed E-state index contributed by atoms with van der Waals surface area (Å²) in [4.78, 5) is 2.60. The van der Waals surface area contributed by atoms with Gasteiger partial charge in [0, 0.05) is 31.4 Å².